The number of aliphatic carboxylic acids is 1. The van der Waals surface area contributed by atoms with Gasteiger partial charge in [0, 0.05) is 25.2 Å². The van der Waals surface area contributed by atoms with E-state index in [-0.39, 0.29) is 24.7 Å². The first kappa shape index (κ1) is 19.0. The lowest BCUT2D eigenvalue weighted by Gasteiger charge is -2.44. The van der Waals surface area contributed by atoms with Gasteiger partial charge in [-0.2, -0.15) is 0 Å². The maximum absolute atomic E-state index is 12.4. The normalized spacial score (nSPS) is 25.5. The second-order valence-electron chi connectivity index (χ2n) is 8.36. The van der Waals surface area contributed by atoms with E-state index >= 15 is 0 Å². The first-order valence-electron chi connectivity index (χ1n) is 9.22. The third-order valence-corrected chi connectivity index (χ3v) is 5.71. The van der Waals surface area contributed by atoms with Crippen LogP contribution in [0.15, 0.2) is 0 Å². The van der Waals surface area contributed by atoms with Gasteiger partial charge in [-0.05, 0) is 43.6 Å². The van der Waals surface area contributed by atoms with Crippen LogP contribution in [0.5, 0.6) is 0 Å². The van der Waals surface area contributed by atoms with Crippen molar-refractivity contribution in [1.82, 2.24) is 15.1 Å². The summed E-state index contributed by atoms with van der Waals surface area (Å²) in [5, 5.41) is 12.0. The minimum absolute atomic E-state index is 0.0482. The Balaban J connectivity index is 1.71. The molecule has 2 amide bonds. The number of carboxylic acid groups (broad SMARTS) is 1. The van der Waals surface area contributed by atoms with E-state index in [2.05, 4.69) is 26.1 Å². The Labute approximate surface area is 145 Å². The molecule has 0 aromatic carbocycles. The van der Waals surface area contributed by atoms with Gasteiger partial charge < -0.3 is 15.3 Å². The summed E-state index contributed by atoms with van der Waals surface area (Å²) in [6.07, 6.45) is 3.86. The molecule has 0 radical (unpaired) electrons. The van der Waals surface area contributed by atoms with Crippen molar-refractivity contribution >= 4 is 12.0 Å². The van der Waals surface area contributed by atoms with Crippen LogP contribution in [0.25, 0.3) is 0 Å². The van der Waals surface area contributed by atoms with Crippen molar-refractivity contribution in [2.75, 3.05) is 26.2 Å². The molecular weight excluding hydrogens is 306 g/mol. The Bertz CT molecular complexity index is 447. The third kappa shape index (κ3) is 4.85. The molecule has 0 spiro atoms. The van der Waals surface area contributed by atoms with Crippen LogP contribution in [-0.4, -0.2) is 65.2 Å². The molecule has 1 saturated carbocycles. The van der Waals surface area contributed by atoms with E-state index < -0.39 is 5.97 Å². The first-order chi connectivity index (χ1) is 11.2. The van der Waals surface area contributed by atoms with Gasteiger partial charge in [0.1, 0.15) is 0 Å². The summed E-state index contributed by atoms with van der Waals surface area (Å²) in [5.74, 6) is -0.102. The van der Waals surface area contributed by atoms with E-state index in [1.807, 2.05) is 16.7 Å². The number of likely N-dealkylation sites (tertiary alicyclic amines) is 1. The summed E-state index contributed by atoms with van der Waals surface area (Å²) in [6, 6.07) is 0.515. The Kier molecular flexibility index (Phi) is 6.12. The number of hydrogen-bond acceptors (Lipinski definition) is 3. The Hall–Kier alpha value is -1.30. The molecule has 24 heavy (non-hydrogen) atoms. The van der Waals surface area contributed by atoms with E-state index in [9.17, 15) is 9.59 Å². The predicted molar refractivity (Wildman–Crippen MR) is 94.0 cm³/mol. The SMILES string of the molecule is CCN(CC(=O)O)C1CC(NC(=O)N2CCC(C(C)(C)C)CC2)C1. The lowest BCUT2D eigenvalue weighted by atomic mass is 9.75. The van der Waals surface area contributed by atoms with Crippen molar-refractivity contribution in [3.05, 3.63) is 0 Å². The number of carbonyl (C=O) groups excluding carboxylic acids is 1. The van der Waals surface area contributed by atoms with Crippen LogP contribution in [-0.2, 0) is 4.79 Å². The molecule has 6 nitrogen and oxygen atoms in total. The highest BCUT2D eigenvalue weighted by atomic mass is 16.4. The summed E-state index contributed by atoms with van der Waals surface area (Å²) >= 11 is 0. The molecule has 0 atom stereocenters. The number of nitrogens with one attached hydrogen (secondary N) is 1. The van der Waals surface area contributed by atoms with Gasteiger partial charge in [0.15, 0.2) is 0 Å². The average Bonchev–Trinajstić information content (AvgIpc) is 2.47. The van der Waals surface area contributed by atoms with Gasteiger partial charge >= 0.3 is 12.0 Å². The number of amides is 2. The number of hydrogen-bond donors (Lipinski definition) is 2. The Morgan fingerprint density at radius 3 is 2.25 bits per heavy atom. The quantitative estimate of drug-likeness (QED) is 0.807. The summed E-state index contributed by atoms with van der Waals surface area (Å²) < 4.78 is 0. The minimum atomic E-state index is -0.786. The van der Waals surface area contributed by atoms with E-state index in [1.54, 1.807) is 0 Å². The lowest BCUT2D eigenvalue weighted by molar-refractivity contribution is -0.139. The Morgan fingerprint density at radius 1 is 1.21 bits per heavy atom. The van der Waals surface area contributed by atoms with E-state index in [4.69, 9.17) is 5.11 Å². The smallest absolute Gasteiger partial charge is 0.317 e. The van der Waals surface area contributed by atoms with Gasteiger partial charge in [-0.1, -0.05) is 27.7 Å². The number of nitrogens with zero attached hydrogens (tertiary/aromatic N) is 2. The summed E-state index contributed by atoms with van der Waals surface area (Å²) in [7, 11) is 0. The third-order valence-electron chi connectivity index (χ3n) is 5.71. The number of carbonyl (C=O) groups is 2. The fourth-order valence-corrected chi connectivity index (χ4v) is 3.89. The maximum atomic E-state index is 12.4. The number of piperidine rings is 1. The second-order valence-corrected chi connectivity index (χ2v) is 8.36. The highest BCUT2D eigenvalue weighted by molar-refractivity contribution is 5.74. The van der Waals surface area contributed by atoms with Gasteiger partial charge in [-0.3, -0.25) is 9.69 Å². The zero-order valence-corrected chi connectivity index (χ0v) is 15.5. The molecule has 1 saturated heterocycles. The maximum Gasteiger partial charge on any atom is 0.317 e. The van der Waals surface area contributed by atoms with Crippen molar-refractivity contribution in [2.24, 2.45) is 11.3 Å². The second kappa shape index (κ2) is 7.72. The summed E-state index contributed by atoms with van der Waals surface area (Å²) in [5.41, 5.74) is 0.317. The topological polar surface area (TPSA) is 72.9 Å². The molecule has 2 N–H and O–H groups in total. The Morgan fingerprint density at radius 2 is 1.79 bits per heavy atom. The highest BCUT2D eigenvalue weighted by Gasteiger charge is 2.36. The van der Waals surface area contributed by atoms with Crippen LogP contribution < -0.4 is 5.32 Å². The monoisotopic (exact) mass is 339 g/mol. The van der Waals surface area contributed by atoms with E-state index in [0.29, 0.717) is 11.3 Å². The van der Waals surface area contributed by atoms with Gasteiger partial charge in [0.05, 0.1) is 6.54 Å². The molecular formula is C18H33N3O3. The molecule has 6 heteroatoms. The largest absolute Gasteiger partial charge is 0.480 e. The zero-order chi connectivity index (χ0) is 17.9. The van der Waals surface area contributed by atoms with Crippen molar-refractivity contribution in [3.8, 4) is 0 Å². The molecule has 0 aromatic rings. The van der Waals surface area contributed by atoms with Crippen LogP contribution >= 0.6 is 0 Å². The van der Waals surface area contributed by atoms with Crippen LogP contribution in [0.2, 0.25) is 0 Å². The molecule has 1 aliphatic heterocycles. The summed E-state index contributed by atoms with van der Waals surface area (Å²) in [4.78, 5) is 27.2. The van der Waals surface area contributed by atoms with Crippen LogP contribution in [0.1, 0.15) is 53.4 Å². The van der Waals surface area contributed by atoms with E-state index in [1.165, 1.54) is 0 Å². The minimum Gasteiger partial charge on any atom is -0.480 e. The van der Waals surface area contributed by atoms with Crippen molar-refractivity contribution in [3.63, 3.8) is 0 Å². The number of carboxylic acids is 1. The molecule has 138 valence electrons. The standard InChI is InChI=1S/C18H33N3O3/c1-5-20(12-16(22)23)15-10-14(11-15)19-17(24)21-8-6-13(7-9-21)18(2,3)4/h13-15H,5-12H2,1-4H3,(H,19,24)(H,22,23). The first-order valence-corrected chi connectivity index (χ1v) is 9.22. The fraction of sp³-hybridized carbons (Fsp3) is 0.889. The van der Waals surface area contributed by atoms with Crippen molar-refractivity contribution in [1.29, 1.82) is 0 Å². The lowest BCUT2D eigenvalue weighted by Crippen LogP contribution is -2.57. The highest BCUT2D eigenvalue weighted by Crippen LogP contribution is 2.34. The molecule has 0 bridgehead atoms. The van der Waals surface area contributed by atoms with Crippen molar-refractivity contribution < 1.29 is 14.7 Å². The van der Waals surface area contributed by atoms with Gasteiger partial charge in [-0.25, -0.2) is 4.79 Å². The molecule has 1 heterocycles. The molecule has 0 aromatic heterocycles. The van der Waals surface area contributed by atoms with Crippen LogP contribution in [0.3, 0.4) is 0 Å². The van der Waals surface area contributed by atoms with Crippen molar-refractivity contribution in [2.45, 2.75) is 65.5 Å². The van der Waals surface area contributed by atoms with Crippen LogP contribution in [0.4, 0.5) is 4.79 Å². The predicted octanol–water partition coefficient (Wildman–Crippen LogP) is 2.39. The van der Waals surface area contributed by atoms with Gasteiger partial charge in [0.2, 0.25) is 0 Å². The average molecular weight is 339 g/mol. The zero-order valence-electron chi connectivity index (χ0n) is 15.5. The molecule has 2 aliphatic rings. The van der Waals surface area contributed by atoms with E-state index in [0.717, 1.165) is 45.3 Å². The molecule has 1 aliphatic carbocycles. The molecule has 2 fully saturated rings. The number of rotatable bonds is 5. The molecule has 2 rings (SSSR count). The van der Waals surface area contributed by atoms with Gasteiger partial charge in [0.25, 0.3) is 0 Å². The number of urea groups is 1. The number of likely N-dealkylation sites (N-methyl/N-ethyl adjacent to an activating group) is 1. The summed E-state index contributed by atoms with van der Waals surface area (Å²) in [6.45, 7) is 11.3. The van der Waals surface area contributed by atoms with Gasteiger partial charge in [-0.15, -0.1) is 0 Å². The van der Waals surface area contributed by atoms with Crippen LogP contribution in [0, 0.1) is 11.3 Å². The molecule has 0 unspecified atom stereocenters. The fourth-order valence-electron chi connectivity index (χ4n) is 3.89.